The lowest BCUT2D eigenvalue weighted by Gasteiger charge is -2.24. The third-order valence-electron chi connectivity index (χ3n) is 3.55. The number of hydrogen-bond acceptors (Lipinski definition) is 3. The monoisotopic (exact) mass is 328 g/mol. The molecule has 0 saturated carbocycles. The van der Waals surface area contributed by atoms with Gasteiger partial charge in [0.05, 0.1) is 17.0 Å². The average molecular weight is 329 g/mol. The molecule has 0 radical (unpaired) electrons. The summed E-state index contributed by atoms with van der Waals surface area (Å²) in [7, 11) is 0. The van der Waals surface area contributed by atoms with E-state index < -0.39 is 5.97 Å². The van der Waals surface area contributed by atoms with E-state index in [0.717, 1.165) is 11.3 Å². The molecule has 2 aromatic carbocycles. The predicted molar refractivity (Wildman–Crippen MR) is 88.1 cm³/mol. The second-order valence-electron chi connectivity index (χ2n) is 5.11. The van der Waals surface area contributed by atoms with E-state index in [0.29, 0.717) is 23.6 Å². The third-order valence-corrected chi connectivity index (χ3v) is 3.80. The van der Waals surface area contributed by atoms with Gasteiger partial charge in [-0.1, -0.05) is 29.8 Å². The molecule has 0 bridgehead atoms. The van der Waals surface area contributed by atoms with Crippen molar-refractivity contribution in [2.75, 3.05) is 5.01 Å². The van der Waals surface area contributed by atoms with Crippen LogP contribution in [-0.4, -0.2) is 22.7 Å². The molecule has 1 aliphatic heterocycles. The number of halogens is 1. The lowest BCUT2D eigenvalue weighted by atomic mass is 10.0. The van der Waals surface area contributed by atoms with Crippen LogP contribution in [0.1, 0.15) is 28.8 Å². The van der Waals surface area contributed by atoms with E-state index in [9.17, 15) is 9.59 Å². The number of benzene rings is 2. The molecular weight excluding hydrogens is 316 g/mol. The Balaban J connectivity index is 1.98. The van der Waals surface area contributed by atoms with Crippen molar-refractivity contribution < 1.29 is 14.7 Å². The standard InChI is InChI=1S/C17H13ClN2O3/c18-13-6-4-11(5-7-13)15-8-9-16(21)20(19-15)14-3-1-2-12(10-14)17(22)23/h1-7,10H,8-9H2,(H,22,23). The Kier molecular flexibility index (Phi) is 4.12. The first-order chi connectivity index (χ1) is 11.0. The lowest BCUT2D eigenvalue weighted by molar-refractivity contribution is -0.118. The number of carbonyl (C=O) groups is 2. The zero-order valence-corrected chi connectivity index (χ0v) is 12.8. The molecule has 0 fully saturated rings. The Labute approximate surface area is 137 Å². The summed E-state index contributed by atoms with van der Waals surface area (Å²) in [5.74, 6) is -1.21. The van der Waals surface area contributed by atoms with E-state index >= 15 is 0 Å². The number of aromatic carboxylic acids is 1. The molecule has 1 N–H and O–H groups in total. The molecule has 0 aromatic heterocycles. The first-order valence-corrected chi connectivity index (χ1v) is 7.42. The molecule has 0 spiro atoms. The zero-order valence-electron chi connectivity index (χ0n) is 12.1. The molecule has 116 valence electrons. The molecule has 0 saturated heterocycles. The van der Waals surface area contributed by atoms with Crippen LogP contribution < -0.4 is 5.01 Å². The topological polar surface area (TPSA) is 70.0 Å². The molecule has 1 amide bonds. The number of rotatable bonds is 3. The number of carbonyl (C=O) groups excluding carboxylic acids is 1. The summed E-state index contributed by atoms with van der Waals surface area (Å²) in [4.78, 5) is 23.2. The number of hydrazone groups is 1. The molecule has 6 heteroatoms. The van der Waals surface area contributed by atoms with Crippen LogP contribution in [0.25, 0.3) is 0 Å². The van der Waals surface area contributed by atoms with E-state index in [-0.39, 0.29) is 11.5 Å². The quantitative estimate of drug-likeness (QED) is 0.936. The van der Waals surface area contributed by atoms with Crippen LogP contribution >= 0.6 is 11.6 Å². The molecule has 0 aliphatic carbocycles. The van der Waals surface area contributed by atoms with Crippen LogP contribution in [-0.2, 0) is 4.79 Å². The van der Waals surface area contributed by atoms with Gasteiger partial charge in [0, 0.05) is 17.9 Å². The highest BCUT2D eigenvalue weighted by Gasteiger charge is 2.23. The van der Waals surface area contributed by atoms with Crippen molar-refractivity contribution in [3.8, 4) is 0 Å². The van der Waals surface area contributed by atoms with E-state index in [2.05, 4.69) is 5.10 Å². The number of anilines is 1. The molecule has 1 heterocycles. The highest BCUT2D eigenvalue weighted by Crippen LogP contribution is 2.24. The van der Waals surface area contributed by atoms with Gasteiger partial charge in [-0.25, -0.2) is 9.80 Å². The summed E-state index contributed by atoms with van der Waals surface area (Å²) in [5, 5.41) is 15.4. The van der Waals surface area contributed by atoms with Crippen LogP contribution in [0.2, 0.25) is 5.02 Å². The van der Waals surface area contributed by atoms with Crippen molar-refractivity contribution >= 4 is 34.9 Å². The van der Waals surface area contributed by atoms with Crippen LogP contribution in [0.4, 0.5) is 5.69 Å². The molecule has 2 aromatic rings. The first-order valence-electron chi connectivity index (χ1n) is 7.04. The van der Waals surface area contributed by atoms with Crippen molar-refractivity contribution in [3.05, 3.63) is 64.7 Å². The summed E-state index contributed by atoms with van der Waals surface area (Å²) in [5.41, 5.74) is 2.22. The first kappa shape index (κ1) is 15.2. The molecule has 23 heavy (non-hydrogen) atoms. The molecular formula is C17H13ClN2O3. The largest absolute Gasteiger partial charge is 0.478 e. The van der Waals surface area contributed by atoms with Crippen LogP contribution in [0.15, 0.2) is 53.6 Å². The van der Waals surface area contributed by atoms with Gasteiger partial charge >= 0.3 is 5.97 Å². The summed E-state index contributed by atoms with van der Waals surface area (Å²) < 4.78 is 0. The van der Waals surface area contributed by atoms with Gasteiger partial charge in [-0.05, 0) is 35.9 Å². The fraction of sp³-hybridized carbons (Fsp3) is 0.118. The second-order valence-corrected chi connectivity index (χ2v) is 5.55. The Morgan fingerprint density at radius 2 is 1.87 bits per heavy atom. The predicted octanol–water partition coefficient (Wildman–Crippen LogP) is 3.57. The van der Waals surface area contributed by atoms with Crippen LogP contribution in [0.5, 0.6) is 0 Å². The summed E-state index contributed by atoms with van der Waals surface area (Å²) in [6.07, 6.45) is 0.856. The molecule has 3 rings (SSSR count). The van der Waals surface area contributed by atoms with E-state index in [4.69, 9.17) is 16.7 Å². The fourth-order valence-electron chi connectivity index (χ4n) is 2.37. The van der Waals surface area contributed by atoms with Crippen molar-refractivity contribution in [2.24, 2.45) is 5.10 Å². The van der Waals surface area contributed by atoms with Gasteiger partial charge < -0.3 is 5.11 Å². The minimum atomic E-state index is -1.04. The number of carboxylic acid groups (broad SMARTS) is 1. The number of amides is 1. The van der Waals surface area contributed by atoms with Gasteiger partial charge in [0.15, 0.2) is 0 Å². The molecule has 1 aliphatic rings. The number of hydrogen-bond donors (Lipinski definition) is 1. The van der Waals surface area contributed by atoms with Crippen molar-refractivity contribution in [1.29, 1.82) is 0 Å². The maximum Gasteiger partial charge on any atom is 0.335 e. The normalized spacial score (nSPS) is 14.6. The Morgan fingerprint density at radius 3 is 2.57 bits per heavy atom. The van der Waals surface area contributed by atoms with Gasteiger partial charge in [-0.3, -0.25) is 4.79 Å². The summed E-state index contributed by atoms with van der Waals surface area (Å²) in [6.45, 7) is 0. The van der Waals surface area contributed by atoms with Gasteiger partial charge in [0.25, 0.3) is 0 Å². The minimum absolute atomic E-state index is 0.115. The van der Waals surface area contributed by atoms with Crippen LogP contribution in [0, 0.1) is 0 Å². The van der Waals surface area contributed by atoms with E-state index in [1.807, 2.05) is 12.1 Å². The van der Waals surface area contributed by atoms with E-state index in [1.165, 1.54) is 17.1 Å². The maximum atomic E-state index is 12.2. The van der Waals surface area contributed by atoms with Crippen molar-refractivity contribution in [3.63, 3.8) is 0 Å². The minimum Gasteiger partial charge on any atom is -0.478 e. The van der Waals surface area contributed by atoms with Crippen molar-refractivity contribution in [2.45, 2.75) is 12.8 Å². The average Bonchev–Trinajstić information content (AvgIpc) is 2.56. The highest BCUT2D eigenvalue weighted by atomic mass is 35.5. The smallest absolute Gasteiger partial charge is 0.335 e. The zero-order chi connectivity index (χ0) is 16.4. The second kappa shape index (κ2) is 6.22. The van der Waals surface area contributed by atoms with Crippen LogP contribution in [0.3, 0.4) is 0 Å². The number of carboxylic acids is 1. The fourth-order valence-corrected chi connectivity index (χ4v) is 2.50. The maximum absolute atomic E-state index is 12.2. The molecule has 5 nitrogen and oxygen atoms in total. The summed E-state index contributed by atoms with van der Waals surface area (Å²) in [6, 6.07) is 13.4. The number of nitrogens with zero attached hydrogens (tertiary/aromatic N) is 2. The SMILES string of the molecule is O=C(O)c1cccc(N2N=C(c3ccc(Cl)cc3)CCC2=O)c1. The molecule has 0 unspecified atom stereocenters. The Bertz CT molecular complexity index is 800. The third kappa shape index (κ3) is 3.24. The highest BCUT2D eigenvalue weighted by molar-refractivity contribution is 6.30. The van der Waals surface area contributed by atoms with Gasteiger partial charge in [0.1, 0.15) is 0 Å². The Morgan fingerprint density at radius 1 is 1.13 bits per heavy atom. The van der Waals surface area contributed by atoms with E-state index in [1.54, 1.807) is 24.3 Å². The van der Waals surface area contributed by atoms with Gasteiger partial charge in [-0.15, -0.1) is 0 Å². The molecule has 0 atom stereocenters. The lowest BCUT2D eigenvalue weighted by Crippen LogP contribution is -2.32. The Hall–Kier alpha value is -2.66. The summed E-state index contributed by atoms with van der Waals surface area (Å²) >= 11 is 5.89. The van der Waals surface area contributed by atoms with Gasteiger partial charge in [-0.2, -0.15) is 5.10 Å². The van der Waals surface area contributed by atoms with Gasteiger partial charge in [0.2, 0.25) is 5.91 Å². The van der Waals surface area contributed by atoms with Crippen molar-refractivity contribution in [1.82, 2.24) is 0 Å².